The fraction of sp³-hybridized carbons (Fsp3) is 0.286. The minimum Gasteiger partial charge on any atom is -0.306 e. The molecule has 17 heavy (non-hydrogen) atoms. The largest absolute Gasteiger partial charge is 0.306 e. The lowest BCUT2D eigenvalue weighted by molar-refractivity contribution is 0.630. The van der Waals surface area contributed by atoms with Gasteiger partial charge in [-0.05, 0) is 70.8 Å². The number of halogens is 1. The molecule has 0 saturated carbocycles. The molecule has 0 bridgehead atoms. The Kier molecular flexibility index (Phi) is 4.59. The SMILES string of the molecule is CCNC(c1ccc(I)cc1)c1ccsc1C. The standard InChI is InChI=1S/C14H16INS/c1-3-16-14(13-8-9-17-10(13)2)11-4-6-12(15)7-5-11/h4-9,14,16H,3H2,1-2H3. The first-order valence-corrected chi connectivity index (χ1v) is 7.71. The number of rotatable bonds is 4. The fourth-order valence-corrected chi connectivity index (χ4v) is 3.06. The Labute approximate surface area is 120 Å². The van der Waals surface area contributed by atoms with Crippen LogP contribution in [0.15, 0.2) is 35.7 Å². The summed E-state index contributed by atoms with van der Waals surface area (Å²) in [4.78, 5) is 1.40. The minimum absolute atomic E-state index is 0.322. The molecule has 1 nitrogen and oxygen atoms in total. The Morgan fingerprint density at radius 1 is 1.24 bits per heavy atom. The van der Waals surface area contributed by atoms with E-state index in [2.05, 4.69) is 77.5 Å². The molecule has 0 fully saturated rings. The number of benzene rings is 1. The topological polar surface area (TPSA) is 12.0 Å². The molecule has 0 radical (unpaired) electrons. The summed E-state index contributed by atoms with van der Waals surface area (Å²) in [5.74, 6) is 0. The van der Waals surface area contributed by atoms with Crippen LogP contribution in [0, 0.1) is 10.5 Å². The van der Waals surface area contributed by atoms with E-state index in [-0.39, 0.29) is 0 Å². The van der Waals surface area contributed by atoms with E-state index in [4.69, 9.17) is 0 Å². The predicted molar refractivity (Wildman–Crippen MR) is 83.7 cm³/mol. The summed E-state index contributed by atoms with van der Waals surface area (Å²) >= 11 is 4.16. The van der Waals surface area contributed by atoms with Crippen molar-refractivity contribution in [2.24, 2.45) is 0 Å². The second kappa shape index (κ2) is 5.98. The van der Waals surface area contributed by atoms with E-state index in [9.17, 15) is 0 Å². The molecule has 2 rings (SSSR count). The van der Waals surface area contributed by atoms with Crippen LogP contribution < -0.4 is 5.32 Å². The zero-order valence-electron chi connectivity index (χ0n) is 10.0. The highest BCUT2D eigenvalue weighted by Gasteiger charge is 2.15. The Bertz CT molecular complexity index is 475. The van der Waals surface area contributed by atoms with Gasteiger partial charge < -0.3 is 5.32 Å². The maximum Gasteiger partial charge on any atom is 0.0587 e. The lowest BCUT2D eigenvalue weighted by Gasteiger charge is -2.18. The molecule has 0 aliphatic heterocycles. The van der Waals surface area contributed by atoms with Crippen LogP contribution >= 0.6 is 33.9 Å². The van der Waals surface area contributed by atoms with Gasteiger partial charge in [-0.2, -0.15) is 0 Å². The molecule has 1 N–H and O–H groups in total. The van der Waals surface area contributed by atoms with E-state index in [1.807, 2.05) is 11.3 Å². The summed E-state index contributed by atoms with van der Waals surface area (Å²) in [6.45, 7) is 5.32. The van der Waals surface area contributed by atoms with Crippen molar-refractivity contribution in [3.63, 3.8) is 0 Å². The van der Waals surface area contributed by atoms with Gasteiger partial charge in [-0.1, -0.05) is 19.1 Å². The Balaban J connectivity index is 2.35. The molecule has 1 atom stereocenters. The Hall–Kier alpha value is -0.390. The van der Waals surface area contributed by atoms with Crippen LogP contribution in [-0.4, -0.2) is 6.54 Å². The average molecular weight is 357 g/mol. The molecule has 1 aromatic heterocycles. The molecular formula is C14H16INS. The molecule has 1 heterocycles. The molecule has 3 heteroatoms. The van der Waals surface area contributed by atoms with Crippen LogP contribution in [0.2, 0.25) is 0 Å². The monoisotopic (exact) mass is 357 g/mol. The highest BCUT2D eigenvalue weighted by atomic mass is 127. The Morgan fingerprint density at radius 3 is 2.47 bits per heavy atom. The van der Waals surface area contributed by atoms with Gasteiger partial charge in [0.2, 0.25) is 0 Å². The van der Waals surface area contributed by atoms with Crippen LogP contribution in [0.25, 0.3) is 0 Å². The number of nitrogens with one attached hydrogen (secondary N) is 1. The second-order valence-corrected chi connectivity index (χ2v) is 6.34. The van der Waals surface area contributed by atoms with E-state index >= 15 is 0 Å². The van der Waals surface area contributed by atoms with Gasteiger partial charge in [0.25, 0.3) is 0 Å². The molecule has 1 unspecified atom stereocenters. The summed E-state index contributed by atoms with van der Waals surface area (Å²) in [6, 6.07) is 11.3. The van der Waals surface area contributed by atoms with Gasteiger partial charge >= 0.3 is 0 Å². The van der Waals surface area contributed by atoms with Gasteiger partial charge in [0, 0.05) is 8.45 Å². The van der Waals surface area contributed by atoms with E-state index in [0.717, 1.165) is 6.54 Å². The van der Waals surface area contributed by atoms with E-state index in [1.54, 1.807) is 0 Å². The van der Waals surface area contributed by atoms with Crippen molar-refractivity contribution in [2.45, 2.75) is 19.9 Å². The number of hydrogen-bond acceptors (Lipinski definition) is 2. The van der Waals surface area contributed by atoms with Gasteiger partial charge in [-0.15, -0.1) is 11.3 Å². The molecule has 90 valence electrons. The molecule has 1 aromatic carbocycles. The van der Waals surface area contributed by atoms with Crippen molar-refractivity contribution in [1.29, 1.82) is 0 Å². The first-order chi connectivity index (χ1) is 8.22. The van der Waals surface area contributed by atoms with Crippen molar-refractivity contribution < 1.29 is 0 Å². The maximum atomic E-state index is 3.57. The first-order valence-electron chi connectivity index (χ1n) is 5.75. The van der Waals surface area contributed by atoms with Gasteiger partial charge in [-0.25, -0.2) is 0 Å². The molecule has 0 spiro atoms. The molecule has 0 amide bonds. The number of thiophene rings is 1. The van der Waals surface area contributed by atoms with Crippen LogP contribution in [0.1, 0.15) is 29.0 Å². The summed E-state index contributed by atoms with van der Waals surface area (Å²) in [5.41, 5.74) is 2.74. The van der Waals surface area contributed by atoms with Gasteiger partial charge in [0.05, 0.1) is 6.04 Å². The van der Waals surface area contributed by atoms with Crippen LogP contribution in [-0.2, 0) is 0 Å². The molecule has 0 aliphatic rings. The normalized spacial score (nSPS) is 12.6. The third kappa shape index (κ3) is 3.09. The fourth-order valence-electron chi connectivity index (χ4n) is 1.96. The highest BCUT2D eigenvalue weighted by Crippen LogP contribution is 2.28. The van der Waals surface area contributed by atoms with Gasteiger partial charge in [0.1, 0.15) is 0 Å². The zero-order valence-corrected chi connectivity index (χ0v) is 13.0. The number of aryl methyl sites for hydroxylation is 1. The van der Waals surface area contributed by atoms with E-state index < -0.39 is 0 Å². The zero-order chi connectivity index (χ0) is 12.3. The van der Waals surface area contributed by atoms with E-state index in [1.165, 1.54) is 19.6 Å². The molecule has 0 aliphatic carbocycles. The highest BCUT2D eigenvalue weighted by molar-refractivity contribution is 14.1. The van der Waals surface area contributed by atoms with E-state index in [0.29, 0.717) is 6.04 Å². The van der Waals surface area contributed by atoms with Crippen molar-refractivity contribution >= 4 is 33.9 Å². The third-order valence-electron chi connectivity index (χ3n) is 2.82. The van der Waals surface area contributed by atoms with Crippen molar-refractivity contribution in [3.05, 3.63) is 55.3 Å². The van der Waals surface area contributed by atoms with Gasteiger partial charge in [0.15, 0.2) is 0 Å². The summed E-state index contributed by atoms with van der Waals surface area (Å²) in [6.07, 6.45) is 0. The third-order valence-corrected chi connectivity index (χ3v) is 4.40. The summed E-state index contributed by atoms with van der Waals surface area (Å²) in [7, 11) is 0. The average Bonchev–Trinajstić information content (AvgIpc) is 2.74. The van der Waals surface area contributed by atoms with Crippen molar-refractivity contribution in [3.8, 4) is 0 Å². The number of hydrogen-bond donors (Lipinski definition) is 1. The quantitative estimate of drug-likeness (QED) is 0.802. The smallest absolute Gasteiger partial charge is 0.0587 e. The van der Waals surface area contributed by atoms with Crippen LogP contribution in [0.5, 0.6) is 0 Å². The first kappa shape index (κ1) is 13.1. The van der Waals surface area contributed by atoms with Gasteiger partial charge in [-0.3, -0.25) is 0 Å². The molecule has 0 saturated heterocycles. The predicted octanol–water partition coefficient (Wildman–Crippen LogP) is 4.36. The molecule has 2 aromatic rings. The summed E-state index contributed by atoms with van der Waals surface area (Å²) in [5, 5.41) is 5.73. The van der Waals surface area contributed by atoms with Crippen LogP contribution in [0.4, 0.5) is 0 Å². The lowest BCUT2D eigenvalue weighted by atomic mass is 9.99. The summed E-state index contributed by atoms with van der Waals surface area (Å²) < 4.78 is 1.28. The lowest BCUT2D eigenvalue weighted by Crippen LogP contribution is -2.22. The maximum absolute atomic E-state index is 3.57. The second-order valence-electron chi connectivity index (χ2n) is 3.97. The minimum atomic E-state index is 0.322. The van der Waals surface area contributed by atoms with Crippen molar-refractivity contribution in [1.82, 2.24) is 5.32 Å². The van der Waals surface area contributed by atoms with Crippen LogP contribution in [0.3, 0.4) is 0 Å². The molecular weight excluding hydrogens is 341 g/mol. The van der Waals surface area contributed by atoms with Crippen molar-refractivity contribution in [2.75, 3.05) is 6.54 Å². The Morgan fingerprint density at radius 2 is 1.94 bits per heavy atom.